The van der Waals surface area contributed by atoms with Crippen LogP contribution in [-0.2, 0) is 0 Å². The molecule has 0 spiro atoms. The lowest BCUT2D eigenvalue weighted by Crippen LogP contribution is -2.69. The predicted molar refractivity (Wildman–Crippen MR) is 128 cm³/mol. The SMILES string of the molecule is CC1CCC2C(C1)C1C3CCCCC3CC1N2[Si](C)(C)NC(C)(C)CC(C)(C)C. The summed E-state index contributed by atoms with van der Waals surface area (Å²) in [5, 5.41) is 0. The Hall–Kier alpha value is 0.137. The molecule has 1 aliphatic heterocycles. The van der Waals surface area contributed by atoms with Crippen LogP contribution in [0.5, 0.6) is 0 Å². The molecule has 2 nitrogen and oxygen atoms in total. The molecule has 3 saturated carbocycles. The topological polar surface area (TPSA) is 15.3 Å². The van der Waals surface area contributed by atoms with Crippen molar-refractivity contribution in [2.75, 3.05) is 0 Å². The van der Waals surface area contributed by atoms with Crippen molar-refractivity contribution in [3.8, 4) is 0 Å². The second-order valence-corrected chi connectivity index (χ2v) is 17.8. The van der Waals surface area contributed by atoms with Crippen LogP contribution in [0.1, 0.15) is 99.3 Å². The van der Waals surface area contributed by atoms with Gasteiger partial charge in [0.15, 0.2) is 8.40 Å². The van der Waals surface area contributed by atoms with Gasteiger partial charge in [-0.3, -0.25) is 0 Å². The number of nitrogens with one attached hydrogen (secondary N) is 1. The molecule has 3 heteroatoms. The first-order valence-corrected chi connectivity index (χ1v) is 15.9. The maximum atomic E-state index is 4.33. The molecule has 1 heterocycles. The van der Waals surface area contributed by atoms with E-state index in [2.05, 4.69) is 64.2 Å². The lowest BCUT2D eigenvalue weighted by Gasteiger charge is -2.49. The van der Waals surface area contributed by atoms with E-state index in [9.17, 15) is 0 Å². The zero-order valence-corrected chi connectivity index (χ0v) is 21.9. The Balaban J connectivity index is 1.61. The van der Waals surface area contributed by atoms with Gasteiger partial charge < -0.3 is 9.55 Å². The highest BCUT2D eigenvalue weighted by Gasteiger charge is 2.61. The van der Waals surface area contributed by atoms with Crippen LogP contribution in [0.25, 0.3) is 0 Å². The maximum Gasteiger partial charge on any atom is 0.198 e. The van der Waals surface area contributed by atoms with Gasteiger partial charge in [-0.05, 0) is 100 Å². The van der Waals surface area contributed by atoms with E-state index in [1.54, 1.807) is 6.42 Å². The normalized spacial score (nSPS) is 41.2. The molecule has 0 aromatic carbocycles. The van der Waals surface area contributed by atoms with Gasteiger partial charge in [0.2, 0.25) is 0 Å². The summed E-state index contributed by atoms with van der Waals surface area (Å²) in [6, 6.07) is 1.77. The molecule has 0 bridgehead atoms. The van der Waals surface area contributed by atoms with Crippen molar-refractivity contribution in [1.29, 1.82) is 0 Å². The molecular weight excluding hydrogens is 368 g/mol. The van der Waals surface area contributed by atoms with Crippen molar-refractivity contribution in [1.82, 2.24) is 9.55 Å². The second kappa shape index (κ2) is 7.62. The Bertz CT molecular complexity index is 592. The summed E-state index contributed by atoms with van der Waals surface area (Å²) < 4.78 is 3.19. The van der Waals surface area contributed by atoms with Crippen LogP contribution in [0.2, 0.25) is 13.1 Å². The standard InChI is InChI=1S/C26H50N2Si/c1-18-13-14-22-21(15-18)24-20-12-10-9-11-19(20)16-23(24)28(22)29(7,8)27-26(5,6)17-25(2,3)4/h18-24,27H,9-17H2,1-8H3. The summed E-state index contributed by atoms with van der Waals surface area (Å²) >= 11 is 0. The van der Waals surface area contributed by atoms with Crippen molar-refractivity contribution in [2.24, 2.45) is 35.0 Å². The van der Waals surface area contributed by atoms with E-state index in [0.717, 1.165) is 41.7 Å². The Kier molecular flexibility index (Phi) is 5.87. The van der Waals surface area contributed by atoms with E-state index < -0.39 is 8.40 Å². The number of nitrogens with zero attached hydrogens (tertiary/aromatic N) is 1. The molecule has 0 radical (unpaired) electrons. The molecule has 4 fully saturated rings. The monoisotopic (exact) mass is 418 g/mol. The van der Waals surface area contributed by atoms with Gasteiger partial charge in [-0.25, -0.2) is 0 Å². The quantitative estimate of drug-likeness (QED) is 0.504. The van der Waals surface area contributed by atoms with Crippen molar-refractivity contribution < 1.29 is 0 Å². The number of hydrogen-bond acceptors (Lipinski definition) is 2. The first kappa shape index (κ1) is 22.3. The number of fused-ring (bicyclic) bond motifs is 5. The van der Waals surface area contributed by atoms with E-state index in [0.29, 0.717) is 5.41 Å². The van der Waals surface area contributed by atoms with Crippen molar-refractivity contribution in [3.63, 3.8) is 0 Å². The predicted octanol–water partition coefficient (Wildman–Crippen LogP) is 6.81. The molecule has 0 amide bonds. The minimum Gasteiger partial charge on any atom is -0.321 e. The minimum absolute atomic E-state index is 0.217. The van der Waals surface area contributed by atoms with Crippen LogP contribution in [0.15, 0.2) is 0 Å². The molecule has 4 aliphatic rings. The third-order valence-corrected chi connectivity index (χ3v) is 12.3. The van der Waals surface area contributed by atoms with Crippen LogP contribution < -0.4 is 4.98 Å². The average molecular weight is 419 g/mol. The highest BCUT2D eigenvalue weighted by Crippen LogP contribution is 2.59. The molecule has 168 valence electrons. The van der Waals surface area contributed by atoms with Crippen LogP contribution in [-0.4, -0.2) is 30.6 Å². The van der Waals surface area contributed by atoms with E-state index >= 15 is 0 Å². The molecule has 7 atom stereocenters. The number of hydrogen-bond donors (Lipinski definition) is 1. The molecular formula is C26H50N2Si. The fourth-order valence-corrected chi connectivity index (χ4v) is 13.3. The first-order valence-electron chi connectivity index (χ1n) is 13.0. The third kappa shape index (κ3) is 4.39. The lowest BCUT2D eigenvalue weighted by molar-refractivity contribution is 0.128. The van der Waals surface area contributed by atoms with E-state index in [-0.39, 0.29) is 5.54 Å². The zero-order valence-electron chi connectivity index (χ0n) is 20.9. The highest BCUT2D eigenvalue weighted by atomic mass is 28.3. The lowest BCUT2D eigenvalue weighted by atomic mass is 9.68. The van der Waals surface area contributed by atoms with Crippen molar-refractivity contribution >= 4 is 8.40 Å². The van der Waals surface area contributed by atoms with Gasteiger partial charge in [0.25, 0.3) is 0 Å². The third-order valence-electron chi connectivity index (χ3n) is 9.05. The second-order valence-electron chi connectivity index (χ2n) is 14.0. The van der Waals surface area contributed by atoms with Gasteiger partial charge in [-0.2, -0.15) is 0 Å². The molecule has 1 N–H and O–H groups in total. The molecule has 0 aromatic rings. The Morgan fingerprint density at radius 2 is 1.55 bits per heavy atom. The largest absolute Gasteiger partial charge is 0.321 e. The molecule has 29 heavy (non-hydrogen) atoms. The molecule has 7 unspecified atom stereocenters. The van der Waals surface area contributed by atoms with Gasteiger partial charge >= 0.3 is 0 Å². The van der Waals surface area contributed by atoms with Crippen LogP contribution in [0.3, 0.4) is 0 Å². The molecule has 0 aromatic heterocycles. The van der Waals surface area contributed by atoms with Gasteiger partial charge in [-0.1, -0.05) is 47.0 Å². The van der Waals surface area contributed by atoms with Gasteiger partial charge in [0.05, 0.1) is 0 Å². The van der Waals surface area contributed by atoms with Crippen LogP contribution in [0.4, 0.5) is 0 Å². The first-order chi connectivity index (χ1) is 13.4. The Labute approximate surface area is 183 Å². The van der Waals surface area contributed by atoms with Crippen molar-refractivity contribution in [2.45, 2.75) is 130 Å². The zero-order chi connectivity index (χ0) is 21.2. The summed E-state index contributed by atoms with van der Waals surface area (Å²) in [5.74, 6) is 5.08. The highest BCUT2D eigenvalue weighted by molar-refractivity contribution is 6.72. The van der Waals surface area contributed by atoms with E-state index in [4.69, 9.17) is 0 Å². The Morgan fingerprint density at radius 3 is 2.24 bits per heavy atom. The average Bonchev–Trinajstić information content (AvgIpc) is 3.05. The van der Waals surface area contributed by atoms with E-state index in [1.165, 1.54) is 51.4 Å². The van der Waals surface area contributed by atoms with E-state index in [1.807, 2.05) is 0 Å². The van der Waals surface area contributed by atoms with Crippen LogP contribution in [0, 0.1) is 35.0 Å². The Morgan fingerprint density at radius 1 is 0.862 bits per heavy atom. The fraction of sp³-hybridized carbons (Fsp3) is 1.00. The summed E-state index contributed by atoms with van der Waals surface area (Å²) in [7, 11) is -1.70. The molecule has 4 rings (SSSR count). The fourth-order valence-electron chi connectivity index (χ4n) is 9.20. The number of rotatable bonds is 4. The van der Waals surface area contributed by atoms with Gasteiger partial charge in [-0.15, -0.1) is 0 Å². The smallest absolute Gasteiger partial charge is 0.198 e. The van der Waals surface area contributed by atoms with Gasteiger partial charge in [0, 0.05) is 17.6 Å². The molecule has 3 aliphatic carbocycles. The summed E-state index contributed by atoms with van der Waals surface area (Å²) in [6.07, 6.45) is 13.3. The molecule has 1 saturated heterocycles. The summed E-state index contributed by atoms with van der Waals surface area (Å²) in [5.41, 5.74) is 0.592. The minimum atomic E-state index is -1.70. The summed E-state index contributed by atoms with van der Waals surface area (Å²) in [4.78, 5) is 4.33. The van der Waals surface area contributed by atoms with Crippen molar-refractivity contribution in [3.05, 3.63) is 0 Å². The summed E-state index contributed by atoms with van der Waals surface area (Å²) in [6.45, 7) is 20.0. The van der Waals surface area contributed by atoms with Crippen LogP contribution >= 0.6 is 0 Å². The maximum absolute atomic E-state index is 4.33. The van der Waals surface area contributed by atoms with Gasteiger partial charge in [0.1, 0.15) is 0 Å².